The lowest BCUT2D eigenvalue weighted by Gasteiger charge is -2.28. The van der Waals surface area contributed by atoms with Crippen LogP contribution in [-0.2, 0) is 19.1 Å². The summed E-state index contributed by atoms with van der Waals surface area (Å²) in [4.78, 5) is 39.0. The molecule has 0 aliphatic carbocycles. The second-order valence-electron chi connectivity index (χ2n) is 9.10. The van der Waals surface area contributed by atoms with Crippen molar-refractivity contribution in [2.45, 2.75) is 82.3 Å². The Morgan fingerprint density at radius 2 is 1.97 bits per heavy atom. The molecule has 0 radical (unpaired) electrons. The Morgan fingerprint density at radius 3 is 2.57 bits per heavy atom. The van der Waals surface area contributed by atoms with Gasteiger partial charge in [0.2, 0.25) is 5.91 Å². The molecular weight excluding hydrogens is 402 g/mol. The van der Waals surface area contributed by atoms with E-state index in [0.29, 0.717) is 19.4 Å². The molecule has 9 heteroatoms. The fraction of sp³-hybridized carbons (Fsp3) is 0.762. The smallest absolute Gasteiger partial charge is 0.407 e. The number of hydrogen-bond acceptors (Lipinski definition) is 6. The van der Waals surface area contributed by atoms with E-state index in [2.05, 4.69) is 31.5 Å². The van der Waals surface area contributed by atoms with Gasteiger partial charge in [-0.25, -0.2) is 9.59 Å². The monoisotopic (exact) mass is 441 g/mol. The molecule has 3 N–H and O–H groups in total. The fourth-order valence-corrected chi connectivity index (χ4v) is 4.09. The number of hydrogen-bond donors (Lipinski definition) is 2. The van der Waals surface area contributed by atoms with E-state index in [0.717, 1.165) is 31.7 Å². The minimum Gasteiger partial charge on any atom is -0.467 e. The zero-order valence-electron chi connectivity index (χ0n) is 18.9. The first-order chi connectivity index (χ1) is 14.1. The molecule has 0 aromatic carbocycles. The number of rotatable bonds is 12. The Morgan fingerprint density at radius 1 is 1.27 bits per heavy atom. The van der Waals surface area contributed by atoms with Gasteiger partial charge >= 0.3 is 12.1 Å². The third kappa shape index (κ3) is 9.29. The average molecular weight is 442 g/mol. The third-order valence-corrected chi connectivity index (χ3v) is 6.87. The van der Waals surface area contributed by atoms with Crippen LogP contribution in [-0.4, -0.2) is 69.3 Å². The zero-order chi connectivity index (χ0) is 22.7. The lowest BCUT2D eigenvalue weighted by atomic mass is 10.1. The van der Waals surface area contributed by atoms with Gasteiger partial charge in [-0.3, -0.25) is 4.79 Å². The van der Waals surface area contributed by atoms with Crippen LogP contribution < -0.4 is 11.1 Å². The predicted octanol–water partition coefficient (Wildman–Crippen LogP) is 2.66. The van der Waals surface area contributed by atoms with Gasteiger partial charge in [0, 0.05) is 20.7 Å². The summed E-state index contributed by atoms with van der Waals surface area (Å²) in [6.45, 7) is 10.9. The van der Waals surface area contributed by atoms with Crippen molar-refractivity contribution < 1.29 is 23.9 Å². The molecular formula is C21H39N3O5Si. The Labute approximate surface area is 181 Å². The van der Waals surface area contributed by atoms with Crippen LogP contribution >= 0.6 is 0 Å². The van der Waals surface area contributed by atoms with E-state index in [9.17, 15) is 14.4 Å². The second-order valence-corrected chi connectivity index (χ2v) is 14.7. The van der Waals surface area contributed by atoms with Crippen molar-refractivity contribution in [1.82, 2.24) is 10.2 Å². The summed E-state index contributed by atoms with van der Waals surface area (Å²) in [6.07, 6.45) is 5.66. The van der Waals surface area contributed by atoms with Gasteiger partial charge in [0.25, 0.3) is 0 Å². The molecule has 8 nitrogen and oxygen atoms in total. The molecule has 30 heavy (non-hydrogen) atoms. The number of carbonyl (C=O) groups excluding carboxylic acids is 3. The van der Waals surface area contributed by atoms with Crippen LogP contribution in [0.4, 0.5) is 4.79 Å². The fourth-order valence-electron chi connectivity index (χ4n) is 3.38. The van der Waals surface area contributed by atoms with Gasteiger partial charge in [-0.1, -0.05) is 38.6 Å². The molecule has 1 fully saturated rings. The predicted molar refractivity (Wildman–Crippen MR) is 120 cm³/mol. The number of ether oxygens (including phenoxy) is 2. The number of carbonyl (C=O) groups is 3. The molecule has 2 amide bonds. The van der Waals surface area contributed by atoms with Gasteiger partial charge in [0.15, 0.2) is 0 Å². The minimum absolute atomic E-state index is 0.262. The summed E-state index contributed by atoms with van der Waals surface area (Å²) in [5.41, 5.74) is 5.99. The van der Waals surface area contributed by atoms with E-state index in [-0.39, 0.29) is 18.5 Å². The highest BCUT2D eigenvalue weighted by atomic mass is 28.3. The minimum atomic E-state index is -1.33. The first-order valence-electron chi connectivity index (χ1n) is 10.8. The molecule has 1 rings (SSSR count). The maximum atomic E-state index is 13.2. The van der Waals surface area contributed by atoms with Gasteiger partial charge < -0.3 is 25.4 Å². The number of methoxy groups -OCH3 is 1. The molecule has 0 saturated carbocycles. The quantitative estimate of drug-likeness (QED) is 0.208. The van der Waals surface area contributed by atoms with Crippen LogP contribution in [0.1, 0.15) is 38.5 Å². The molecule has 0 spiro atoms. The molecule has 0 aromatic heterocycles. The molecule has 1 aliphatic heterocycles. The molecule has 1 heterocycles. The molecule has 0 bridgehead atoms. The first kappa shape index (κ1) is 26.2. The maximum absolute atomic E-state index is 13.2. The number of esters is 1. The summed E-state index contributed by atoms with van der Waals surface area (Å²) in [7, 11) is -0.0363. The van der Waals surface area contributed by atoms with Crippen molar-refractivity contribution in [1.29, 1.82) is 0 Å². The van der Waals surface area contributed by atoms with E-state index in [4.69, 9.17) is 15.2 Å². The number of allylic oxidation sites excluding steroid dienone is 1. The molecule has 1 saturated heterocycles. The summed E-state index contributed by atoms with van der Waals surface area (Å²) < 4.78 is 10.1. The highest BCUT2D eigenvalue weighted by Gasteiger charge is 2.41. The van der Waals surface area contributed by atoms with Crippen molar-refractivity contribution in [2.75, 3.05) is 20.3 Å². The number of likely N-dealkylation sites (tertiary alicyclic amines) is 1. The SMILES string of the molecule is C=CCCCCCC(NC(=O)OCC[Si](C)(C)C)C(=O)N1CC(N)CC1C(=O)OC. The number of nitrogens with one attached hydrogen (secondary N) is 1. The van der Waals surface area contributed by atoms with Crippen molar-refractivity contribution in [3.05, 3.63) is 12.7 Å². The molecule has 1 aliphatic rings. The topological polar surface area (TPSA) is 111 Å². The van der Waals surface area contributed by atoms with Crippen LogP contribution in [0, 0.1) is 0 Å². The lowest BCUT2D eigenvalue weighted by molar-refractivity contribution is -0.151. The summed E-state index contributed by atoms with van der Waals surface area (Å²) >= 11 is 0. The number of nitrogens with two attached hydrogens (primary N) is 1. The molecule has 3 atom stereocenters. The van der Waals surface area contributed by atoms with Gasteiger partial charge in [0.1, 0.15) is 12.1 Å². The Bertz CT molecular complexity index is 594. The van der Waals surface area contributed by atoms with E-state index < -0.39 is 32.2 Å². The molecule has 0 aromatic rings. The highest BCUT2D eigenvalue weighted by molar-refractivity contribution is 6.76. The van der Waals surface area contributed by atoms with Crippen molar-refractivity contribution in [2.24, 2.45) is 5.73 Å². The zero-order valence-corrected chi connectivity index (χ0v) is 19.9. The van der Waals surface area contributed by atoms with Gasteiger partial charge in [-0.15, -0.1) is 6.58 Å². The summed E-state index contributed by atoms with van der Waals surface area (Å²) in [5, 5.41) is 2.71. The number of unbranched alkanes of at least 4 members (excludes halogenated alkanes) is 3. The number of amides is 2. The summed E-state index contributed by atoms with van der Waals surface area (Å²) in [6, 6.07) is -0.919. The summed E-state index contributed by atoms with van der Waals surface area (Å²) in [5.74, 6) is -0.803. The van der Waals surface area contributed by atoms with E-state index in [1.165, 1.54) is 12.0 Å². The molecule has 3 unspecified atom stereocenters. The van der Waals surface area contributed by atoms with Gasteiger partial charge in [-0.05, 0) is 31.7 Å². The number of nitrogens with zero attached hydrogens (tertiary/aromatic N) is 1. The Hall–Kier alpha value is -1.87. The van der Waals surface area contributed by atoms with E-state index >= 15 is 0 Å². The van der Waals surface area contributed by atoms with Crippen molar-refractivity contribution >= 4 is 26.0 Å². The maximum Gasteiger partial charge on any atom is 0.407 e. The van der Waals surface area contributed by atoms with Crippen molar-refractivity contribution in [3.63, 3.8) is 0 Å². The van der Waals surface area contributed by atoms with Crippen molar-refractivity contribution in [3.8, 4) is 0 Å². The third-order valence-electron chi connectivity index (χ3n) is 5.17. The van der Waals surface area contributed by atoms with Crippen LogP contribution in [0.3, 0.4) is 0 Å². The standard InChI is InChI=1S/C21H39N3O5Si/c1-6-7-8-9-10-11-17(23-21(27)29-12-13-30(3,4)5)19(25)24-15-16(22)14-18(24)20(26)28-2/h6,16-18H,1,7-15,22H2,2-5H3,(H,23,27). The second kappa shape index (κ2) is 12.7. The lowest BCUT2D eigenvalue weighted by Crippen LogP contribution is -2.52. The van der Waals surface area contributed by atoms with Crippen LogP contribution in [0.15, 0.2) is 12.7 Å². The highest BCUT2D eigenvalue weighted by Crippen LogP contribution is 2.20. The van der Waals surface area contributed by atoms with Gasteiger partial charge in [-0.2, -0.15) is 0 Å². The normalized spacial score (nSPS) is 19.8. The van der Waals surface area contributed by atoms with Crippen LogP contribution in [0.25, 0.3) is 0 Å². The largest absolute Gasteiger partial charge is 0.467 e. The molecule has 172 valence electrons. The van der Waals surface area contributed by atoms with Crippen LogP contribution in [0.2, 0.25) is 25.7 Å². The van der Waals surface area contributed by atoms with Crippen LogP contribution in [0.5, 0.6) is 0 Å². The number of alkyl carbamates (subject to hydrolysis) is 1. The van der Waals surface area contributed by atoms with E-state index in [1.54, 1.807) is 0 Å². The van der Waals surface area contributed by atoms with Gasteiger partial charge in [0.05, 0.1) is 13.7 Å². The first-order valence-corrected chi connectivity index (χ1v) is 14.5. The Balaban J connectivity index is 2.77. The average Bonchev–Trinajstić information content (AvgIpc) is 3.06. The van der Waals surface area contributed by atoms with E-state index in [1.807, 2.05) is 6.08 Å². The Kier molecular flexibility index (Phi) is 11.1.